The van der Waals surface area contributed by atoms with Crippen LogP contribution in [0.2, 0.25) is 0 Å². The largest absolute Gasteiger partial charge is 1.00 e. The maximum Gasteiger partial charge on any atom is 1.00 e. The van der Waals surface area contributed by atoms with Crippen molar-refractivity contribution in [3.63, 3.8) is 0 Å². The summed E-state index contributed by atoms with van der Waals surface area (Å²) in [5.74, 6) is -2.83. The number of sulfonamides is 1. The molecule has 16 heteroatoms. The molecule has 0 saturated carbocycles. The maximum atomic E-state index is 12.1. The molecular formula is C29H47N2NaO11S2. The molecular weight excluding hydrogens is 639 g/mol. The number of pyridine rings is 1. The Kier molecular flexibility index (Phi) is 21.2. The number of unbranched alkanes of at least 4 members (excludes halogenated alkanes) is 2. The molecule has 4 atom stereocenters. The van der Waals surface area contributed by atoms with Gasteiger partial charge in [0.05, 0.1) is 31.9 Å². The number of nitrogens with two attached hydrogens (primary N) is 1. The van der Waals surface area contributed by atoms with Crippen molar-refractivity contribution >= 4 is 38.0 Å². The molecule has 4 unspecified atom stereocenters. The summed E-state index contributed by atoms with van der Waals surface area (Å²) < 4.78 is 72.0. The Balaban J connectivity index is 0.000000957. The zero-order valence-electron chi connectivity index (χ0n) is 27.1. The molecule has 2 rings (SSSR count). The Morgan fingerprint density at radius 1 is 1.02 bits per heavy atom. The van der Waals surface area contributed by atoms with Crippen molar-refractivity contribution in [2.24, 2.45) is 17.0 Å². The second kappa shape index (κ2) is 22.0. The number of carbonyl (C=O) groups is 3. The SMILES string of the molecule is CCCCC(CC)COC(=O)CC(C(=O)OCC(CC)CCCC)S(=O)(=O)[O-].NS(=O)(=O)c1cccnc1C1CCOC1=O.[Na+]. The number of aromatic nitrogens is 1. The van der Waals surface area contributed by atoms with Gasteiger partial charge < -0.3 is 18.8 Å². The van der Waals surface area contributed by atoms with E-state index in [1.165, 1.54) is 18.3 Å². The first kappa shape index (κ1) is 43.4. The molecule has 1 aromatic rings. The third-order valence-corrected chi connectivity index (χ3v) is 9.38. The summed E-state index contributed by atoms with van der Waals surface area (Å²) in [6.07, 6.45) is 8.44. The summed E-state index contributed by atoms with van der Waals surface area (Å²) in [6.45, 7) is 8.55. The van der Waals surface area contributed by atoms with Gasteiger partial charge in [0.1, 0.15) is 20.9 Å². The molecule has 45 heavy (non-hydrogen) atoms. The number of cyclic esters (lactones) is 1. The standard InChI is InChI=1S/C20H38O7S.C9H10N2O4S.Na/c1-5-9-11-16(7-3)14-26-19(21)13-18(28(23,24)25)20(22)27-15-17(8-4)12-10-6-2;10-16(13,14)7-2-1-4-11-8(7)6-3-5-15-9(6)12;/h16-18H,5-15H2,1-4H3,(H,23,24,25);1-2,4,6H,3,5H2,(H2,10,13,14);/q;;+1/p-1. The predicted octanol–water partition coefficient (Wildman–Crippen LogP) is 0.573. The van der Waals surface area contributed by atoms with Gasteiger partial charge in [-0.3, -0.25) is 19.4 Å². The fraction of sp³-hybridized carbons (Fsp3) is 0.724. The number of esters is 3. The molecule has 2 heterocycles. The van der Waals surface area contributed by atoms with E-state index >= 15 is 0 Å². The van der Waals surface area contributed by atoms with Crippen LogP contribution >= 0.6 is 0 Å². The number of rotatable bonds is 18. The van der Waals surface area contributed by atoms with E-state index in [0.717, 1.165) is 51.4 Å². The smallest absolute Gasteiger partial charge is 0.747 e. The number of hydrogen-bond acceptors (Lipinski definition) is 12. The Bertz CT molecular complexity index is 1280. The zero-order chi connectivity index (χ0) is 33.3. The molecule has 0 bridgehead atoms. The van der Waals surface area contributed by atoms with Crippen LogP contribution in [0.1, 0.15) is 104 Å². The van der Waals surface area contributed by atoms with E-state index in [-0.39, 0.29) is 71.8 Å². The third-order valence-electron chi connectivity index (χ3n) is 7.36. The Morgan fingerprint density at radius 2 is 1.58 bits per heavy atom. The number of hydrogen-bond donors (Lipinski definition) is 1. The minimum atomic E-state index is -5.01. The minimum absolute atomic E-state index is 0. The molecule has 1 saturated heterocycles. The van der Waals surface area contributed by atoms with Gasteiger partial charge in [0.25, 0.3) is 0 Å². The Hall–Kier alpha value is -1.62. The maximum absolute atomic E-state index is 12.1. The monoisotopic (exact) mass is 686 g/mol. The molecule has 0 aliphatic carbocycles. The van der Waals surface area contributed by atoms with Crippen LogP contribution in [0.3, 0.4) is 0 Å². The van der Waals surface area contributed by atoms with Crippen molar-refractivity contribution in [2.45, 2.75) is 108 Å². The molecule has 0 aromatic carbocycles. The molecule has 2 N–H and O–H groups in total. The fourth-order valence-corrected chi connectivity index (χ4v) is 5.86. The number of nitrogens with zero attached hydrogens (tertiary/aromatic N) is 1. The van der Waals surface area contributed by atoms with Crippen molar-refractivity contribution in [3.8, 4) is 0 Å². The van der Waals surface area contributed by atoms with E-state index in [1.807, 2.05) is 13.8 Å². The summed E-state index contributed by atoms with van der Waals surface area (Å²) in [7, 11) is -8.88. The molecule has 1 fully saturated rings. The van der Waals surface area contributed by atoms with Crippen molar-refractivity contribution in [2.75, 3.05) is 19.8 Å². The molecule has 1 aromatic heterocycles. The first-order valence-corrected chi connectivity index (χ1v) is 18.1. The van der Waals surface area contributed by atoms with E-state index in [1.54, 1.807) is 0 Å². The quantitative estimate of drug-likeness (QED) is 0.0973. The van der Waals surface area contributed by atoms with Crippen LogP contribution in [0.4, 0.5) is 0 Å². The van der Waals surface area contributed by atoms with Crippen molar-refractivity contribution in [1.29, 1.82) is 0 Å². The minimum Gasteiger partial charge on any atom is -0.747 e. The molecule has 13 nitrogen and oxygen atoms in total. The summed E-state index contributed by atoms with van der Waals surface area (Å²) in [6, 6.07) is 2.80. The van der Waals surface area contributed by atoms with Crippen LogP contribution in [0, 0.1) is 11.8 Å². The summed E-state index contributed by atoms with van der Waals surface area (Å²) >= 11 is 0. The first-order chi connectivity index (χ1) is 20.7. The van der Waals surface area contributed by atoms with Crippen LogP contribution in [-0.2, 0) is 48.7 Å². The first-order valence-electron chi connectivity index (χ1n) is 15.1. The van der Waals surface area contributed by atoms with E-state index in [4.69, 9.17) is 19.3 Å². The second-order valence-corrected chi connectivity index (χ2v) is 13.9. The average molecular weight is 687 g/mol. The number of ether oxygens (including phenoxy) is 3. The topological polar surface area (TPSA) is 209 Å². The van der Waals surface area contributed by atoms with Crippen LogP contribution in [0.5, 0.6) is 0 Å². The Morgan fingerprint density at radius 3 is 2.02 bits per heavy atom. The molecule has 1 aliphatic rings. The zero-order valence-corrected chi connectivity index (χ0v) is 30.7. The third kappa shape index (κ3) is 16.2. The van der Waals surface area contributed by atoms with Gasteiger partial charge >= 0.3 is 47.5 Å². The molecule has 0 amide bonds. The van der Waals surface area contributed by atoms with Gasteiger partial charge in [-0.15, -0.1) is 0 Å². The van der Waals surface area contributed by atoms with Gasteiger partial charge in [0, 0.05) is 12.6 Å². The van der Waals surface area contributed by atoms with Gasteiger partial charge in [-0.25, -0.2) is 22.0 Å². The predicted molar refractivity (Wildman–Crippen MR) is 161 cm³/mol. The van der Waals surface area contributed by atoms with E-state index in [2.05, 4.69) is 18.8 Å². The normalized spacial score (nSPS) is 16.7. The van der Waals surface area contributed by atoms with E-state index < -0.39 is 55.6 Å². The van der Waals surface area contributed by atoms with Gasteiger partial charge in [0.15, 0.2) is 5.25 Å². The second-order valence-electron chi connectivity index (χ2n) is 10.8. The van der Waals surface area contributed by atoms with Gasteiger partial charge in [-0.1, -0.05) is 66.2 Å². The summed E-state index contributed by atoms with van der Waals surface area (Å²) in [5.41, 5.74) is 0.174. The van der Waals surface area contributed by atoms with Crippen molar-refractivity contribution in [1.82, 2.24) is 4.98 Å². The fourth-order valence-electron chi connectivity index (χ4n) is 4.46. The van der Waals surface area contributed by atoms with Crippen LogP contribution in [-0.4, -0.2) is 69.4 Å². The van der Waals surface area contributed by atoms with Gasteiger partial charge in [-0.2, -0.15) is 0 Å². The summed E-state index contributed by atoms with van der Waals surface area (Å²) in [5, 5.41) is 2.99. The average Bonchev–Trinajstić information content (AvgIpc) is 3.40. The van der Waals surface area contributed by atoms with Gasteiger partial charge in [-0.05, 0) is 36.8 Å². The molecule has 0 radical (unpaired) electrons. The van der Waals surface area contributed by atoms with E-state index in [0.29, 0.717) is 6.42 Å². The number of primary sulfonamides is 1. The van der Waals surface area contributed by atoms with Crippen LogP contribution in [0.25, 0.3) is 0 Å². The van der Waals surface area contributed by atoms with Crippen LogP contribution in [0.15, 0.2) is 23.2 Å². The molecule has 252 valence electrons. The Labute approximate surface area is 289 Å². The van der Waals surface area contributed by atoms with Crippen molar-refractivity contribution < 1.29 is 79.5 Å². The van der Waals surface area contributed by atoms with Gasteiger partial charge in [0.2, 0.25) is 10.0 Å². The molecule has 1 aliphatic heterocycles. The van der Waals surface area contributed by atoms with Crippen LogP contribution < -0.4 is 34.7 Å². The van der Waals surface area contributed by atoms with E-state index in [9.17, 15) is 35.8 Å². The van der Waals surface area contributed by atoms with Crippen molar-refractivity contribution in [3.05, 3.63) is 24.0 Å². The number of carbonyl (C=O) groups excluding carboxylic acids is 3. The molecule has 0 spiro atoms. The summed E-state index contributed by atoms with van der Waals surface area (Å²) in [4.78, 5) is 39.3.